The van der Waals surface area contributed by atoms with Gasteiger partial charge in [-0.25, -0.2) is 4.98 Å². The molecule has 0 aliphatic heterocycles. The summed E-state index contributed by atoms with van der Waals surface area (Å²) >= 11 is 5.30. The van der Waals surface area contributed by atoms with Gasteiger partial charge in [0.1, 0.15) is 5.52 Å². The zero-order chi connectivity index (χ0) is 21.1. The first kappa shape index (κ1) is 19.8. The van der Waals surface area contributed by atoms with Crippen molar-refractivity contribution in [2.75, 3.05) is 5.32 Å². The molecule has 0 aliphatic carbocycles. The van der Waals surface area contributed by atoms with Crippen molar-refractivity contribution in [2.45, 2.75) is 20.3 Å². The summed E-state index contributed by atoms with van der Waals surface area (Å²) in [6.45, 7) is 4.05. The van der Waals surface area contributed by atoms with E-state index >= 15 is 0 Å². The van der Waals surface area contributed by atoms with Crippen LogP contribution in [0.5, 0.6) is 0 Å². The topological polar surface area (TPSA) is 67.2 Å². The van der Waals surface area contributed by atoms with Gasteiger partial charge < -0.3 is 9.73 Å². The van der Waals surface area contributed by atoms with Crippen molar-refractivity contribution in [1.29, 1.82) is 0 Å². The first-order chi connectivity index (χ1) is 14.5. The Morgan fingerprint density at radius 3 is 2.70 bits per heavy atom. The van der Waals surface area contributed by atoms with Gasteiger partial charge in [-0.05, 0) is 73.6 Å². The van der Waals surface area contributed by atoms with E-state index in [-0.39, 0.29) is 11.0 Å². The number of aryl methyl sites for hydroxylation is 2. The summed E-state index contributed by atoms with van der Waals surface area (Å²) in [4.78, 5) is 17.0. The van der Waals surface area contributed by atoms with Crippen molar-refractivity contribution in [3.05, 3.63) is 83.4 Å². The van der Waals surface area contributed by atoms with E-state index in [0.717, 1.165) is 34.3 Å². The molecule has 0 unspecified atom stereocenters. The second-order valence-corrected chi connectivity index (χ2v) is 7.44. The molecule has 0 saturated heterocycles. The maximum absolute atomic E-state index is 12.4. The molecular formula is C24H21N3O2S. The van der Waals surface area contributed by atoms with Gasteiger partial charge in [-0.3, -0.25) is 10.1 Å². The minimum Gasteiger partial charge on any atom is -0.436 e. The van der Waals surface area contributed by atoms with E-state index in [2.05, 4.69) is 22.5 Å². The molecule has 6 heteroatoms. The number of nitrogens with zero attached hydrogens (tertiary/aromatic N) is 1. The van der Waals surface area contributed by atoms with Crippen LogP contribution in [0.25, 0.3) is 22.6 Å². The number of benzene rings is 3. The Bertz CT molecular complexity index is 1250. The Kier molecular flexibility index (Phi) is 5.59. The van der Waals surface area contributed by atoms with Crippen molar-refractivity contribution >= 4 is 40.0 Å². The molecule has 5 nitrogen and oxygen atoms in total. The monoisotopic (exact) mass is 415 g/mol. The molecule has 0 bridgehead atoms. The highest BCUT2D eigenvalue weighted by molar-refractivity contribution is 7.80. The largest absolute Gasteiger partial charge is 0.436 e. The average molecular weight is 416 g/mol. The molecule has 30 heavy (non-hydrogen) atoms. The number of anilines is 1. The van der Waals surface area contributed by atoms with Crippen LogP contribution in [0.1, 0.15) is 28.4 Å². The van der Waals surface area contributed by atoms with E-state index in [1.807, 2.05) is 67.6 Å². The minimum absolute atomic E-state index is 0.226. The third-order valence-corrected chi connectivity index (χ3v) is 4.94. The summed E-state index contributed by atoms with van der Waals surface area (Å²) in [6.07, 6.45) is 0.948. The number of nitrogens with one attached hydrogen (secondary N) is 2. The molecule has 4 aromatic rings. The average Bonchev–Trinajstić information content (AvgIpc) is 3.17. The van der Waals surface area contributed by atoms with Crippen molar-refractivity contribution in [1.82, 2.24) is 10.3 Å². The second-order valence-electron chi connectivity index (χ2n) is 7.03. The fourth-order valence-electron chi connectivity index (χ4n) is 3.17. The molecule has 1 aromatic heterocycles. The molecular weight excluding hydrogens is 394 g/mol. The summed E-state index contributed by atoms with van der Waals surface area (Å²) in [5, 5.41) is 5.98. The van der Waals surface area contributed by atoms with Crippen LogP contribution < -0.4 is 10.6 Å². The number of hydrogen-bond donors (Lipinski definition) is 2. The normalized spacial score (nSPS) is 10.7. The minimum atomic E-state index is -0.252. The molecule has 0 spiro atoms. The fraction of sp³-hybridized carbons (Fsp3) is 0.125. The molecule has 150 valence electrons. The van der Waals surface area contributed by atoms with Crippen molar-refractivity contribution in [3.63, 3.8) is 0 Å². The predicted octanol–water partition coefficient (Wildman–Crippen LogP) is 5.49. The molecule has 1 heterocycles. The number of carbonyl (C=O) groups excluding carboxylic acids is 1. The molecule has 4 rings (SSSR count). The molecule has 1 amide bonds. The summed E-state index contributed by atoms with van der Waals surface area (Å²) in [5.74, 6) is 0.287. The standard InChI is InChI=1S/C24H21N3O2S/c1-3-16-10-11-21-20(13-16)26-23(29-21)18-8-5-9-19(14-18)25-24(30)27-22(28)17-7-4-6-15(2)12-17/h4-14H,3H2,1-2H3,(H2,25,27,28,30). The van der Waals surface area contributed by atoms with Crippen molar-refractivity contribution < 1.29 is 9.21 Å². The Hall–Kier alpha value is -3.51. The number of amides is 1. The van der Waals surface area contributed by atoms with E-state index in [4.69, 9.17) is 16.6 Å². The molecule has 0 radical (unpaired) electrons. The number of rotatable bonds is 4. The molecule has 2 N–H and O–H groups in total. The fourth-order valence-corrected chi connectivity index (χ4v) is 3.38. The third kappa shape index (κ3) is 4.39. The molecule has 0 atom stereocenters. The van der Waals surface area contributed by atoms with E-state index < -0.39 is 0 Å². The van der Waals surface area contributed by atoms with Crippen LogP contribution in [0.3, 0.4) is 0 Å². The van der Waals surface area contributed by atoms with Gasteiger partial charge in [0.2, 0.25) is 5.89 Å². The lowest BCUT2D eigenvalue weighted by atomic mass is 10.1. The van der Waals surface area contributed by atoms with Gasteiger partial charge in [-0.2, -0.15) is 0 Å². The first-order valence-electron chi connectivity index (χ1n) is 9.71. The van der Waals surface area contributed by atoms with Gasteiger partial charge in [-0.15, -0.1) is 0 Å². The highest BCUT2D eigenvalue weighted by Crippen LogP contribution is 2.27. The molecule has 0 fully saturated rings. The van der Waals surface area contributed by atoms with Crippen molar-refractivity contribution in [3.8, 4) is 11.5 Å². The van der Waals surface area contributed by atoms with Gasteiger partial charge in [-0.1, -0.05) is 36.8 Å². The SMILES string of the molecule is CCc1ccc2oc(-c3cccc(NC(=S)NC(=O)c4cccc(C)c4)c3)nc2c1. The predicted molar refractivity (Wildman–Crippen MR) is 124 cm³/mol. The Labute approximate surface area is 180 Å². The lowest BCUT2D eigenvalue weighted by Crippen LogP contribution is -2.34. The van der Waals surface area contributed by atoms with E-state index in [1.54, 1.807) is 6.07 Å². The smallest absolute Gasteiger partial charge is 0.257 e. The number of aromatic nitrogens is 1. The zero-order valence-corrected chi connectivity index (χ0v) is 17.5. The first-order valence-corrected chi connectivity index (χ1v) is 10.1. The lowest BCUT2D eigenvalue weighted by Gasteiger charge is -2.10. The van der Waals surface area contributed by atoms with Crippen LogP contribution in [-0.4, -0.2) is 16.0 Å². The summed E-state index contributed by atoms with van der Waals surface area (Å²) < 4.78 is 5.91. The van der Waals surface area contributed by atoms with Crippen molar-refractivity contribution in [2.24, 2.45) is 0 Å². The highest BCUT2D eigenvalue weighted by Gasteiger charge is 2.11. The van der Waals surface area contributed by atoms with Crippen LogP contribution in [0, 0.1) is 6.92 Å². The van der Waals surface area contributed by atoms with Gasteiger partial charge in [0, 0.05) is 16.8 Å². The van der Waals surface area contributed by atoms with Crippen LogP contribution in [-0.2, 0) is 6.42 Å². The maximum atomic E-state index is 12.4. The molecule has 0 aliphatic rings. The van der Waals surface area contributed by atoms with Crippen LogP contribution in [0.15, 0.2) is 71.1 Å². The van der Waals surface area contributed by atoms with Gasteiger partial charge in [0.15, 0.2) is 10.7 Å². The Balaban J connectivity index is 1.49. The third-order valence-electron chi connectivity index (χ3n) is 4.73. The van der Waals surface area contributed by atoms with Gasteiger partial charge in [0.25, 0.3) is 5.91 Å². The zero-order valence-electron chi connectivity index (χ0n) is 16.7. The number of fused-ring (bicyclic) bond motifs is 1. The quantitative estimate of drug-likeness (QED) is 0.431. The number of oxazole rings is 1. The maximum Gasteiger partial charge on any atom is 0.257 e. The Morgan fingerprint density at radius 1 is 1.07 bits per heavy atom. The highest BCUT2D eigenvalue weighted by atomic mass is 32.1. The van der Waals surface area contributed by atoms with Crippen LogP contribution >= 0.6 is 12.2 Å². The van der Waals surface area contributed by atoms with E-state index in [1.165, 1.54) is 5.56 Å². The van der Waals surface area contributed by atoms with Crippen LogP contribution in [0.4, 0.5) is 5.69 Å². The lowest BCUT2D eigenvalue weighted by molar-refractivity contribution is 0.0977. The number of hydrogen-bond acceptors (Lipinski definition) is 4. The van der Waals surface area contributed by atoms with E-state index in [0.29, 0.717) is 11.5 Å². The summed E-state index contributed by atoms with van der Waals surface area (Å²) in [6, 6.07) is 20.9. The summed E-state index contributed by atoms with van der Waals surface area (Å²) in [7, 11) is 0. The van der Waals surface area contributed by atoms with E-state index in [9.17, 15) is 4.79 Å². The number of carbonyl (C=O) groups is 1. The summed E-state index contributed by atoms with van der Waals surface area (Å²) in [5.41, 5.74) is 5.93. The van der Waals surface area contributed by atoms with Crippen LogP contribution in [0.2, 0.25) is 0 Å². The molecule has 3 aromatic carbocycles. The second kappa shape index (κ2) is 8.47. The Morgan fingerprint density at radius 2 is 1.90 bits per heavy atom. The molecule has 0 saturated carbocycles. The van der Waals surface area contributed by atoms with Gasteiger partial charge in [0.05, 0.1) is 0 Å². The number of thiocarbonyl (C=S) groups is 1. The van der Waals surface area contributed by atoms with Gasteiger partial charge >= 0.3 is 0 Å².